The molecule has 3 nitrogen and oxygen atoms in total. The fraction of sp³-hybridized carbons (Fsp3) is 0.191. The molecule has 2 heterocycles. The number of rotatable bonds is 9. The monoisotopic (exact) mass is 698 g/mol. The first-order valence-corrected chi connectivity index (χ1v) is 19.6. The van der Waals surface area contributed by atoms with Crippen molar-refractivity contribution < 1.29 is 9.37 Å². The summed E-state index contributed by atoms with van der Waals surface area (Å²) in [5.41, 5.74) is 6.17. The smallest absolute Gasteiger partial charge is 0.247 e. The Morgan fingerprint density at radius 1 is 0.519 bits per heavy atom. The van der Waals surface area contributed by atoms with E-state index in [2.05, 4.69) is 155 Å². The normalized spacial score (nSPS) is 14.4. The fourth-order valence-electron chi connectivity index (χ4n) is 8.12. The van der Waals surface area contributed by atoms with Gasteiger partial charge in [-0.15, -0.1) is 0 Å². The van der Waals surface area contributed by atoms with E-state index in [9.17, 15) is 4.79 Å². The lowest BCUT2D eigenvalue weighted by Gasteiger charge is -2.44. The molecule has 0 saturated heterocycles. The number of hydrogen-bond donors (Lipinski definition) is 0. The number of ketones is 1. The zero-order valence-corrected chi connectivity index (χ0v) is 30.7. The van der Waals surface area contributed by atoms with Crippen molar-refractivity contribution in [3.8, 4) is 0 Å². The van der Waals surface area contributed by atoms with E-state index in [4.69, 9.17) is 0 Å². The van der Waals surface area contributed by atoms with Gasteiger partial charge in [-0.1, -0.05) is 163 Å². The highest BCUT2D eigenvalue weighted by Gasteiger charge is 2.32. The van der Waals surface area contributed by atoms with Crippen LogP contribution < -0.4 is 21.9 Å². The number of nitrogens with zero attached hydrogens (tertiary/aromatic N) is 2. The van der Waals surface area contributed by atoms with Gasteiger partial charge in [-0.2, -0.15) is 21.9 Å². The molecule has 0 atom stereocenters. The second-order valence-electron chi connectivity index (χ2n) is 13.9. The Hall–Kier alpha value is -5.13. The molecule has 0 saturated carbocycles. The van der Waals surface area contributed by atoms with Crippen LogP contribution in [-0.4, -0.2) is 53.4 Å². The van der Waals surface area contributed by atoms with Crippen LogP contribution in [0.25, 0.3) is 0 Å². The van der Waals surface area contributed by atoms with Crippen LogP contribution in [0.3, 0.4) is 0 Å². The molecule has 0 radical (unpaired) electrons. The molecule has 6 aromatic rings. The minimum absolute atomic E-state index is 0.227. The molecule has 0 bridgehead atoms. The van der Waals surface area contributed by atoms with Gasteiger partial charge in [0.05, 0.1) is 19.6 Å². The van der Waals surface area contributed by atoms with Crippen LogP contribution in [-0.2, 0) is 0 Å². The van der Waals surface area contributed by atoms with Gasteiger partial charge in [0.25, 0.3) is 0 Å². The van der Waals surface area contributed by atoms with Crippen molar-refractivity contribution in [3.63, 3.8) is 0 Å². The summed E-state index contributed by atoms with van der Waals surface area (Å²) in [6.07, 6.45) is 4.91. The standard InChI is InChI=1S/C24H20B.C23H27N2OS/c1-5-13-21(14-6-1)25(22-15-7-2-8-16-22,23-17-9-3-10-18-23)24-19-11-4-12-20-24;26-22(18-25-17-7-16-24-15-6-2-5-10-23(24)25)19-11-13-21(14-12-19)27-20-8-3-1-4-9-20/h1-20H;1,3-4,8-9,11-14H,2,5-7,10,15-18H2/q-1;+1. The summed E-state index contributed by atoms with van der Waals surface area (Å²) in [4.78, 5) is 17.6. The molecular formula is C47H47BN2OS. The average Bonchev–Trinajstić information content (AvgIpc) is 3.48. The van der Waals surface area contributed by atoms with Crippen molar-refractivity contribution in [2.45, 2.75) is 41.9 Å². The molecule has 0 aromatic heterocycles. The van der Waals surface area contributed by atoms with E-state index in [0.717, 1.165) is 38.0 Å². The summed E-state index contributed by atoms with van der Waals surface area (Å²) in [5, 5.41) is 0. The zero-order chi connectivity index (χ0) is 35.4. The van der Waals surface area contributed by atoms with Gasteiger partial charge < -0.3 is 0 Å². The largest absolute Gasteiger partial charge is 0.290 e. The highest BCUT2D eigenvalue weighted by molar-refractivity contribution is 7.99. The number of carbonyl (C=O) groups is 1. The summed E-state index contributed by atoms with van der Waals surface area (Å²) in [6.45, 7) is 3.84. The van der Waals surface area contributed by atoms with E-state index in [1.807, 2.05) is 30.3 Å². The van der Waals surface area contributed by atoms with E-state index >= 15 is 0 Å². The Morgan fingerprint density at radius 2 is 0.962 bits per heavy atom. The maximum Gasteiger partial charge on any atom is 0.247 e. The van der Waals surface area contributed by atoms with Crippen molar-refractivity contribution in [1.82, 2.24) is 4.90 Å². The fourth-order valence-corrected chi connectivity index (χ4v) is 8.96. The number of amidine groups is 1. The minimum atomic E-state index is -1.22. The lowest BCUT2D eigenvalue weighted by molar-refractivity contribution is -0.538. The third kappa shape index (κ3) is 8.16. The lowest BCUT2D eigenvalue weighted by Crippen LogP contribution is -2.74. The van der Waals surface area contributed by atoms with Crippen molar-refractivity contribution in [3.05, 3.63) is 181 Å². The summed E-state index contributed by atoms with van der Waals surface area (Å²) >= 11 is 1.73. The Kier molecular flexibility index (Phi) is 11.8. The van der Waals surface area contributed by atoms with Crippen molar-refractivity contribution in [1.29, 1.82) is 0 Å². The van der Waals surface area contributed by atoms with Gasteiger partial charge in [0.2, 0.25) is 11.6 Å². The summed E-state index contributed by atoms with van der Waals surface area (Å²) in [6, 6.07) is 61.9. The molecular weight excluding hydrogens is 651 g/mol. The van der Waals surface area contributed by atoms with Crippen LogP contribution in [0.15, 0.2) is 186 Å². The highest BCUT2D eigenvalue weighted by atomic mass is 32.2. The van der Waals surface area contributed by atoms with Crippen LogP contribution in [0.4, 0.5) is 0 Å². The molecule has 2 aliphatic rings. The molecule has 0 spiro atoms. The summed E-state index contributed by atoms with van der Waals surface area (Å²) in [7, 11) is 0. The van der Waals surface area contributed by atoms with Gasteiger partial charge in [0.1, 0.15) is 12.7 Å². The van der Waals surface area contributed by atoms with E-state index < -0.39 is 6.15 Å². The van der Waals surface area contributed by atoms with E-state index in [-0.39, 0.29) is 5.78 Å². The maximum atomic E-state index is 12.9. The first-order chi connectivity index (χ1) is 25.7. The van der Waals surface area contributed by atoms with Crippen LogP contribution in [0.2, 0.25) is 0 Å². The predicted octanol–water partition coefficient (Wildman–Crippen LogP) is 7.78. The van der Waals surface area contributed by atoms with Gasteiger partial charge in [-0.25, -0.2) is 0 Å². The van der Waals surface area contributed by atoms with Crippen molar-refractivity contribution in [2.24, 2.45) is 0 Å². The maximum absolute atomic E-state index is 12.9. The van der Waals surface area contributed by atoms with Crippen LogP contribution in [0, 0.1) is 0 Å². The van der Waals surface area contributed by atoms with E-state index in [1.165, 1.54) is 56.7 Å². The second kappa shape index (κ2) is 17.4. The van der Waals surface area contributed by atoms with Crippen molar-refractivity contribution >= 4 is 51.4 Å². The van der Waals surface area contributed by atoms with Gasteiger partial charge >= 0.3 is 0 Å². The Labute approximate surface area is 314 Å². The molecule has 2 aliphatic heterocycles. The molecule has 0 fully saturated rings. The second-order valence-corrected chi connectivity index (χ2v) is 15.0. The molecule has 0 amide bonds. The first-order valence-electron chi connectivity index (χ1n) is 18.8. The van der Waals surface area contributed by atoms with Crippen LogP contribution in [0.1, 0.15) is 42.5 Å². The van der Waals surface area contributed by atoms with Gasteiger partial charge in [0, 0.05) is 28.2 Å². The Bertz CT molecular complexity index is 1870. The van der Waals surface area contributed by atoms with Gasteiger partial charge in [0.15, 0.2) is 0 Å². The highest BCUT2D eigenvalue weighted by Crippen LogP contribution is 2.27. The number of benzene rings is 6. The van der Waals surface area contributed by atoms with Crippen LogP contribution >= 0.6 is 11.8 Å². The molecule has 0 unspecified atom stereocenters. The first kappa shape index (κ1) is 35.3. The Balaban J connectivity index is 0.000000162. The molecule has 260 valence electrons. The van der Waals surface area contributed by atoms with Gasteiger partial charge in [-0.05, 0) is 43.5 Å². The van der Waals surface area contributed by atoms with E-state index in [0.29, 0.717) is 6.54 Å². The van der Waals surface area contributed by atoms with Gasteiger partial charge in [-0.3, -0.25) is 14.3 Å². The summed E-state index contributed by atoms with van der Waals surface area (Å²) in [5.74, 6) is 1.63. The van der Waals surface area contributed by atoms with Crippen molar-refractivity contribution in [2.75, 3.05) is 26.2 Å². The molecule has 6 aromatic carbocycles. The molecule has 52 heavy (non-hydrogen) atoms. The molecule has 5 heteroatoms. The molecule has 0 aliphatic carbocycles. The summed E-state index contributed by atoms with van der Waals surface area (Å²) < 4.78 is 2.52. The molecule has 8 rings (SSSR count). The Morgan fingerprint density at radius 3 is 1.46 bits per heavy atom. The number of carbonyl (C=O) groups excluding carboxylic acids is 1. The third-order valence-electron chi connectivity index (χ3n) is 10.6. The predicted molar refractivity (Wildman–Crippen MR) is 221 cm³/mol. The van der Waals surface area contributed by atoms with Crippen LogP contribution in [0.5, 0.6) is 0 Å². The minimum Gasteiger partial charge on any atom is -0.290 e. The number of hydrogen-bond acceptors (Lipinski definition) is 3. The lowest BCUT2D eigenvalue weighted by atomic mass is 9.13. The topological polar surface area (TPSA) is 23.3 Å². The number of Topliss-reactive ketones (excluding diaryl/α,β-unsaturated/α-hetero) is 1. The molecule has 0 N–H and O–H groups in total. The average molecular weight is 699 g/mol. The zero-order valence-electron chi connectivity index (χ0n) is 29.9. The third-order valence-corrected chi connectivity index (χ3v) is 11.6. The SMILES string of the molecule is O=C(CN1CCC[N+]2=C1CCCCC2)c1ccc(Sc2ccccc2)cc1.c1ccc([B-](c2ccccc2)(c2ccccc2)c2ccccc2)cc1. The quantitative estimate of drug-likeness (QED) is 0.0876. The van der Waals surface area contributed by atoms with E-state index in [1.54, 1.807) is 11.8 Å².